The van der Waals surface area contributed by atoms with Crippen molar-refractivity contribution in [2.24, 2.45) is 0 Å². The molecule has 60 valence electrons. The van der Waals surface area contributed by atoms with Gasteiger partial charge in [0, 0.05) is 12.4 Å². The number of rotatable bonds is 1. The van der Waals surface area contributed by atoms with Crippen molar-refractivity contribution in [2.45, 2.75) is 0 Å². The minimum absolute atomic E-state index is 0.643. The van der Waals surface area contributed by atoms with Crippen LogP contribution in [0, 0.1) is 4.77 Å². The van der Waals surface area contributed by atoms with Crippen LogP contribution in [0.4, 0.5) is 0 Å². The molecule has 2 aromatic rings. The molecule has 12 heavy (non-hydrogen) atoms. The fourth-order valence-corrected chi connectivity index (χ4v) is 1.17. The SMILES string of the molecule is S=c1[nH]ccn1-c1cncnc1. The Kier molecular flexibility index (Phi) is 1.71. The Morgan fingerprint density at radius 1 is 1.33 bits per heavy atom. The van der Waals surface area contributed by atoms with Crippen LogP contribution in [0.3, 0.4) is 0 Å². The molecule has 0 aliphatic heterocycles. The molecule has 0 unspecified atom stereocenters. The Balaban J connectivity index is 2.59. The smallest absolute Gasteiger partial charge is 0.181 e. The molecule has 4 nitrogen and oxygen atoms in total. The van der Waals surface area contributed by atoms with Gasteiger partial charge in [-0.25, -0.2) is 9.97 Å². The van der Waals surface area contributed by atoms with Crippen molar-refractivity contribution in [1.82, 2.24) is 19.5 Å². The van der Waals surface area contributed by atoms with E-state index >= 15 is 0 Å². The standard InChI is InChI=1S/C7H6N4S/c12-7-10-1-2-11(7)6-3-8-5-9-4-6/h1-5H,(H,10,12). The van der Waals surface area contributed by atoms with Crippen molar-refractivity contribution < 1.29 is 0 Å². The van der Waals surface area contributed by atoms with Crippen LogP contribution in [-0.4, -0.2) is 19.5 Å². The highest BCUT2D eigenvalue weighted by Crippen LogP contribution is 2.02. The number of nitrogens with zero attached hydrogens (tertiary/aromatic N) is 3. The maximum atomic E-state index is 5.02. The highest BCUT2D eigenvalue weighted by Gasteiger charge is 1.95. The highest BCUT2D eigenvalue weighted by molar-refractivity contribution is 7.71. The van der Waals surface area contributed by atoms with Crippen molar-refractivity contribution in [3.63, 3.8) is 0 Å². The average Bonchev–Trinajstić information content (AvgIpc) is 2.53. The molecule has 0 radical (unpaired) electrons. The summed E-state index contributed by atoms with van der Waals surface area (Å²) in [6.45, 7) is 0. The lowest BCUT2D eigenvalue weighted by atomic mass is 10.5. The summed E-state index contributed by atoms with van der Waals surface area (Å²) in [5.74, 6) is 0. The first-order valence-corrected chi connectivity index (χ1v) is 3.80. The summed E-state index contributed by atoms with van der Waals surface area (Å²) in [5.41, 5.74) is 0.865. The van der Waals surface area contributed by atoms with E-state index in [4.69, 9.17) is 12.2 Å². The second-order valence-electron chi connectivity index (χ2n) is 2.23. The summed E-state index contributed by atoms with van der Waals surface area (Å²) in [6.07, 6.45) is 8.50. The van der Waals surface area contributed by atoms with Gasteiger partial charge >= 0.3 is 0 Å². The zero-order valence-corrected chi connectivity index (χ0v) is 6.95. The third-order valence-corrected chi connectivity index (χ3v) is 1.79. The van der Waals surface area contributed by atoms with E-state index in [1.54, 1.807) is 23.2 Å². The van der Waals surface area contributed by atoms with Crippen molar-refractivity contribution in [3.8, 4) is 5.69 Å². The average molecular weight is 178 g/mol. The molecule has 2 aromatic heterocycles. The van der Waals surface area contributed by atoms with E-state index in [2.05, 4.69) is 15.0 Å². The number of aromatic nitrogens is 4. The van der Waals surface area contributed by atoms with Gasteiger partial charge in [0.25, 0.3) is 0 Å². The van der Waals surface area contributed by atoms with E-state index in [9.17, 15) is 0 Å². The molecule has 0 bridgehead atoms. The van der Waals surface area contributed by atoms with Crippen LogP contribution in [0.5, 0.6) is 0 Å². The molecular weight excluding hydrogens is 172 g/mol. The Morgan fingerprint density at radius 3 is 2.67 bits per heavy atom. The first-order chi connectivity index (χ1) is 5.88. The summed E-state index contributed by atoms with van der Waals surface area (Å²) in [7, 11) is 0. The van der Waals surface area contributed by atoms with E-state index in [0.29, 0.717) is 4.77 Å². The topological polar surface area (TPSA) is 46.5 Å². The summed E-state index contributed by atoms with van der Waals surface area (Å²) < 4.78 is 2.44. The fourth-order valence-electron chi connectivity index (χ4n) is 0.939. The first kappa shape index (κ1) is 7.17. The third kappa shape index (κ3) is 1.14. The first-order valence-electron chi connectivity index (χ1n) is 3.39. The van der Waals surface area contributed by atoms with Gasteiger partial charge < -0.3 is 4.98 Å². The molecule has 0 aliphatic carbocycles. The fraction of sp³-hybridized carbons (Fsp3) is 0. The predicted octanol–water partition coefficient (Wildman–Crippen LogP) is 1.32. The third-order valence-electron chi connectivity index (χ3n) is 1.47. The minimum Gasteiger partial charge on any atom is -0.337 e. The zero-order valence-electron chi connectivity index (χ0n) is 6.14. The van der Waals surface area contributed by atoms with Gasteiger partial charge in [-0.1, -0.05) is 0 Å². The van der Waals surface area contributed by atoms with Crippen LogP contribution in [-0.2, 0) is 0 Å². The second-order valence-corrected chi connectivity index (χ2v) is 2.62. The number of hydrogen-bond acceptors (Lipinski definition) is 3. The van der Waals surface area contributed by atoms with Crippen molar-refractivity contribution in [3.05, 3.63) is 35.9 Å². The number of aromatic amines is 1. The van der Waals surface area contributed by atoms with Crippen LogP contribution in [0.1, 0.15) is 0 Å². The van der Waals surface area contributed by atoms with Gasteiger partial charge in [0.15, 0.2) is 4.77 Å². The van der Waals surface area contributed by atoms with Crippen molar-refractivity contribution in [2.75, 3.05) is 0 Å². The van der Waals surface area contributed by atoms with Gasteiger partial charge in [-0.15, -0.1) is 0 Å². The molecule has 1 N–H and O–H groups in total. The molecule has 0 saturated heterocycles. The molecule has 2 heterocycles. The maximum absolute atomic E-state index is 5.02. The van der Waals surface area contributed by atoms with E-state index in [-0.39, 0.29) is 0 Å². The van der Waals surface area contributed by atoms with Gasteiger partial charge in [0.2, 0.25) is 0 Å². The molecule has 5 heteroatoms. The molecule has 0 spiro atoms. The summed E-state index contributed by atoms with van der Waals surface area (Å²) >= 11 is 5.02. The molecular formula is C7H6N4S. The monoisotopic (exact) mass is 178 g/mol. The van der Waals surface area contributed by atoms with Crippen molar-refractivity contribution in [1.29, 1.82) is 0 Å². The van der Waals surface area contributed by atoms with Crippen LogP contribution >= 0.6 is 12.2 Å². The van der Waals surface area contributed by atoms with Crippen LogP contribution in [0.2, 0.25) is 0 Å². The lowest BCUT2D eigenvalue weighted by molar-refractivity contribution is 0.990. The number of nitrogens with one attached hydrogen (secondary N) is 1. The second kappa shape index (κ2) is 2.86. The van der Waals surface area contributed by atoms with E-state index in [0.717, 1.165) is 5.69 Å². The number of imidazole rings is 1. The number of hydrogen-bond donors (Lipinski definition) is 1. The number of H-pyrrole nitrogens is 1. The van der Waals surface area contributed by atoms with Crippen LogP contribution < -0.4 is 0 Å². The van der Waals surface area contributed by atoms with Gasteiger partial charge in [0.05, 0.1) is 18.1 Å². The largest absolute Gasteiger partial charge is 0.337 e. The summed E-state index contributed by atoms with van der Waals surface area (Å²) in [6, 6.07) is 0. The normalized spacial score (nSPS) is 10.0. The Morgan fingerprint density at radius 2 is 2.08 bits per heavy atom. The minimum atomic E-state index is 0.643. The molecule has 2 rings (SSSR count). The van der Waals surface area contributed by atoms with Gasteiger partial charge in [-0.05, 0) is 12.2 Å². The summed E-state index contributed by atoms with van der Waals surface area (Å²) in [5, 5.41) is 0. The molecule has 0 saturated carbocycles. The molecule has 0 fully saturated rings. The lowest BCUT2D eigenvalue weighted by Gasteiger charge is -1.97. The Hall–Kier alpha value is -1.49. The highest BCUT2D eigenvalue weighted by atomic mass is 32.1. The van der Waals surface area contributed by atoms with Crippen LogP contribution in [0.15, 0.2) is 31.1 Å². The Bertz CT molecular complexity index is 416. The van der Waals surface area contributed by atoms with Gasteiger partial charge in [-0.3, -0.25) is 4.57 Å². The quantitative estimate of drug-likeness (QED) is 0.670. The van der Waals surface area contributed by atoms with Crippen molar-refractivity contribution >= 4 is 12.2 Å². The summed E-state index contributed by atoms with van der Waals surface area (Å²) in [4.78, 5) is 10.7. The zero-order chi connectivity index (χ0) is 8.39. The maximum Gasteiger partial charge on any atom is 0.181 e. The molecule has 0 atom stereocenters. The van der Waals surface area contributed by atoms with Gasteiger partial charge in [-0.2, -0.15) is 0 Å². The van der Waals surface area contributed by atoms with Gasteiger partial charge in [0.1, 0.15) is 6.33 Å². The van der Waals surface area contributed by atoms with E-state index in [1.165, 1.54) is 6.33 Å². The van der Waals surface area contributed by atoms with E-state index < -0.39 is 0 Å². The lowest BCUT2D eigenvalue weighted by Crippen LogP contribution is -1.93. The molecule has 0 amide bonds. The molecule has 0 aliphatic rings. The predicted molar refractivity (Wildman–Crippen MR) is 46.5 cm³/mol. The Labute approximate surface area is 73.9 Å². The van der Waals surface area contributed by atoms with Crippen LogP contribution in [0.25, 0.3) is 5.69 Å². The molecule has 0 aromatic carbocycles. The van der Waals surface area contributed by atoms with E-state index in [1.807, 2.05) is 6.20 Å².